The maximum Gasteiger partial charge on any atom is 0.241 e. The van der Waals surface area contributed by atoms with E-state index in [0.29, 0.717) is 5.56 Å². The van der Waals surface area contributed by atoms with Crippen molar-refractivity contribution >= 4 is 19.9 Å². The van der Waals surface area contributed by atoms with Crippen LogP contribution in [0.3, 0.4) is 0 Å². The largest absolute Gasteiger partial charge is 0.298 e. The molecule has 0 saturated carbocycles. The van der Waals surface area contributed by atoms with Gasteiger partial charge in [0.25, 0.3) is 0 Å². The van der Waals surface area contributed by atoms with Crippen LogP contribution in [0, 0.1) is 6.92 Å². The molecule has 3 rings (SSSR count). The van der Waals surface area contributed by atoms with Crippen LogP contribution in [0.4, 0.5) is 0 Å². The van der Waals surface area contributed by atoms with E-state index in [-0.39, 0.29) is 26.3 Å². The van der Waals surface area contributed by atoms with Crippen LogP contribution < -0.4 is 4.72 Å². The molecule has 6 nitrogen and oxygen atoms in total. The summed E-state index contributed by atoms with van der Waals surface area (Å²) in [6, 6.07) is 12.1. The van der Waals surface area contributed by atoms with Crippen molar-refractivity contribution in [2.45, 2.75) is 66.8 Å². The number of rotatable bonds is 5. The Labute approximate surface area is 180 Å². The van der Waals surface area contributed by atoms with Gasteiger partial charge in [-0.25, -0.2) is 21.6 Å². The number of sulfone groups is 1. The molecule has 1 saturated heterocycles. The number of piperidine rings is 1. The molecule has 1 aliphatic rings. The molecule has 2 aromatic rings. The Morgan fingerprint density at radius 3 is 2.07 bits per heavy atom. The highest BCUT2D eigenvalue weighted by Gasteiger charge is 2.30. The van der Waals surface area contributed by atoms with Gasteiger partial charge in [-0.05, 0) is 70.4 Å². The van der Waals surface area contributed by atoms with Crippen LogP contribution in [0.25, 0.3) is 0 Å². The van der Waals surface area contributed by atoms with Crippen molar-refractivity contribution in [2.75, 3.05) is 13.1 Å². The van der Waals surface area contributed by atoms with Gasteiger partial charge >= 0.3 is 0 Å². The van der Waals surface area contributed by atoms with Gasteiger partial charge in [-0.15, -0.1) is 0 Å². The molecule has 0 atom stereocenters. The summed E-state index contributed by atoms with van der Waals surface area (Å²) in [5.74, 6) is 0. The van der Waals surface area contributed by atoms with Gasteiger partial charge in [-0.3, -0.25) is 4.90 Å². The van der Waals surface area contributed by atoms with E-state index < -0.39 is 19.9 Å². The summed E-state index contributed by atoms with van der Waals surface area (Å²) in [6.45, 7) is 9.77. The Morgan fingerprint density at radius 2 is 1.50 bits per heavy atom. The van der Waals surface area contributed by atoms with Crippen molar-refractivity contribution in [3.63, 3.8) is 0 Å². The minimum atomic E-state index is -3.84. The third-order valence-electron chi connectivity index (χ3n) is 5.58. The molecule has 0 bridgehead atoms. The van der Waals surface area contributed by atoms with Gasteiger partial charge in [0, 0.05) is 24.7 Å². The highest BCUT2D eigenvalue weighted by atomic mass is 32.2. The Hall–Kier alpha value is -1.74. The minimum absolute atomic E-state index is 0.0118. The summed E-state index contributed by atoms with van der Waals surface area (Å²) in [5.41, 5.74) is 0.572. The van der Waals surface area contributed by atoms with Crippen molar-refractivity contribution in [2.24, 2.45) is 0 Å². The molecule has 8 heteroatoms. The van der Waals surface area contributed by atoms with E-state index >= 15 is 0 Å². The summed E-state index contributed by atoms with van der Waals surface area (Å²) >= 11 is 0. The molecule has 0 amide bonds. The molecule has 1 fully saturated rings. The van der Waals surface area contributed by atoms with Crippen LogP contribution in [0.15, 0.2) is 63.2 Å². The second-order valence-electron chi connectivity index (χ2n) is 8.80. The fraction of sp³-hybridized carbons (Fsp3) is 0.455. The van der Waals surface area contributed by atoms with Crippen molar-refractivity contribution in [1.29, 1.82) is 0 Å². The number of benzene rings is 2. The monoisotopic (exact) mass is 450 g/mol. The molecule has 164 valence electrons. The molecule has 2 aromatic carbocycles. The Morgan fingerprint density at radius 1 is 0.900 bits per heavy atom. The zero-order chi connectivity index (χ0) is 22.2. The normalized spacial score (nSPS) is 17.2. The third-order valence-corrected chi connectivity index (χ3v) is 9.01. The number of nitrogens with zero attached hydrogens (tertiary/aromatic N) is 1. The molecule has 0 aliphatic carbocycles. The van der Waals surface area contributed by atoms with Gasteiger partial charge < -0.3 is 0 Å². The first kappa shape index (κ1) is 22.9. The quantitative estimate of drug-likeness (QED) is 0.755. The molecule has 1 N–H and O–H groups in total. The summed E-state index contributed by atoms with van der Waals surface area (Å²) in [6.07, 6.45) is 1.44. The van der Waals surface area contributed by atoms with Crippen LogP contribution in [0.2, 0.25) is 0 Å². The lowest BCUT2D eigenvalue weighted by Gasteiger charge is -2.40. The van der Waals surface area contributed by atoms with Crippen molar-refractivity contribution in [3.8, 4) is 0 Å². The van der Waals surface area contributed by atoms with E-state index in [0.717, 1.165) is 25.9 Å². The Balaban J connectivity index is 1.84. The maximum atomic E-state index is 13.1. The van der Waals surface area contributed by atoms with E-state index in [2.05, 4.69) is 30.4 Å². The van der Waals surface area contributed by atoms with E-state index in [1.807, 2.05) is 0 Å². The van der Waals surface area contributed by atoms with E-state index in [1.54, 1.807) is 31.2 Å². The number of sulfonamides is 1. The lowest BCUT2D eigenvalue weighted by molar-refractivity contribution is 0.100. The van der Waals surface area contributed by atoms with Gasteiger partial charge in [-0.1, -0.05) is 24.3 Å². The predicted octanol–water partition coefficient (Wildman–Crippen LogP) is 3.37. The molecular formula is C22H30N2O4S2. The second kappa shape index (κ2) is 8.42. The summed E-state index contributed by atoms with van der Waals surface area (Å²) in [7, 11) is -7.64. The molecular weight excluding hydrogens is 420 g/mol. The Kier molecular flexibility index (Phi) is 6.43. The number of hydrogen-bond acceptors (Lipinski definition) is 5. The average molecular weight is 451 g/mol. The Bertz CT molecular complexity index is 1100. The topological polar surface area (TPSA) is 83.5 Å². The minimum Gasteiger partial charge on any atom is -0.298 e. The highest BCUT2D eigenvalue weighted by molar-refractivity contribution is 7.91. The predicted molar refractivity (Wildman–Crippen MR) is 118 cm³/mol. The summed E-state index contributed by atoms with van der Waals surface area (Å²) in [5, 5.41) is 0. The van der Waals surface area contributed by atoms with E-state index in [9.17, 15) is 16.8 Å². The standard InChI is InChI=1S/C22H30N2O4S2/c1-17-10-11-20(29(25,26)19-8-6-5-7-9-19)16-21(17)30(27,28)23-18-12-14-24(15-13-18)22(2,3)4/h5-11,16,18,23H,12-15H2,1-4H3. The zero-order valence-corrected chi connectivity index (χ0v) is 19.6. The van der Waals surface area contributed by atoms with E-state index in [1.165, 1.54) is 24.3 Å². The molecule has 0 radical (unpaired) electrons. The maximum absolute atomic E-state index is 13.1. The van der Waals surface area contributed by atoms with Crippen LogP contribution in [-0.2, 0) is 19.9 Å². The number of hydrogen-bond donors (Lipinski definition) is 1. The highest BCUT2D eigenvalue weighted by Crippen LogP contribution is 2.26. The summed E-state index contributed by atoms with van der Waals surface area (Å²) in [4.78, 5) is 2.47. The van der Waals surface area contributed by atoms with Crippen LogP contribution in [0.1, 0.15) is 39.2 Å². The molecule has 30 heavy (non-hydrogen) atoms. The molecule has 1 aliphatic heterocycles. The average Bonchev–Trinajstić information content (AvgIpc) is 2.68. The van der Waals surface area contributed by atoms with Crippen molar-refractivity contribution < 1.29 is 16.8 Å². The lowest BCUT2D eigenvalue weighted by Crippen LogP contribution is -2.50. The molecule has 0 aromatic heterocycles. The lowest BCUT2D eigenvalue weighted by atomic mass is 9.99. The van der Waals surface area contributed by atoms with E-state index in [4.69, 9.17) is 0 Å². The van der Waals surface area contributed by atoms with Gasteiger partial charge in [0.15, 0.2) is 0 Å². The van der Waals surface area contributed by atoms with Crippen molar-refractivity contribution in [1.82, 2.24) is 9.62 Å². The number of nitrogens with one attached hydrogen (secondary N) is 1. The van der Waals surface area contributed by atoms with Gasteiger partial charge in [0.05, 0.1) is 14.7 Å². The fourth-order valence-corrected chi connectivity index (χ4v) is 6.68. The van der Waals surface area contributed by atoms with Crippen LogP contribution >= 0.6 is 0 Å². The van der Waals surface area contributed by atoms with Crippen LogP contribution in [-0.4, -0.2) is 46.4 Å². The molecule has 0 spiro atoms. The first-order valence-electron chi connectivity index (χ1n) is 10.1. The SMILES string of the molecule is Cc1ccc(S(=O)(=O)c2ccccc2)cc1S(=O)(=O)NC1CCN(C(C)(C)C)CC1. The smallest absolute Gasteiger partial charge is 0.241 e. The van der Waals surface area contributed by atoms with Crippen LogP contribution in [0.5, 0.6) is 0 Å². The third kappa shape index (κ3) is 4.94. The first-order chi connectivity index (χ1) is 13.9. The number of aryl methyl sites for hydroxylation is 1. The van der Waals surface area contributed by atoms with Gasteiger partial charge in [0.1, 0.15) is 0 Å². The van der Waals surface area contributed by atoms with Gasteiger partial charge in [0.2, 0.25) is 19.9 Å². The molecule has 0 unspecified atom stereocenters. The fourth-order valence-electron chi connectivity index (χ4n) is 3.72. The summed E-state index contributed by atoms with van der Waals surface area (Å²) < 4.78 is 54.8. The number of likely N-dealkylation sites (tertiary alicyclic amines) is 1. The van der Waals surface area contributed by atoms with Gasteiger partial charge in [-0.2, -0.15) is 0 Å². The molecule has 1 heterocycles. The first-order valence-corrected chi connectivity index (χ1v) is 13.1. The zero-order valence-electron chi connectivity index (χ0n) is 17.9. The second-order valence-corrected chi connectivity index (χ2v) is 12.4. The van der Waals surface area contributed by atoms with Crippen molar-refractivity contribution in [3.05, 3.63) is 54.1 Å².